The van der Waals surface area contributed by atoms with Crippen LogP contribution >= 0.6 is 0 Å². The second-order valence-electron chi connectivity index (χ2n) is 10.8. The Hall–Kier alpha value is -3.26. The molecule has 36 heavy (non-hydrogen) atoms. The summed E-state index contributed by atoms with van der Waals surface area (Å²) in [5, 5.41) is 2.37. The normalized spacial score (nSPS) is 27.6. The van der Waals surface area contributed by atoms with Crippen molar-refractivity contribution in [1.82, 2.24) is 20.1 Å². The number of imide groups is 1. The summed E-state index contributed by atoms with van der Waals surface area (Å²) in [6.45, 7) is 6.39. The van der Waals surface area contributed by atoms with Gasteiger partial charge in [-0.2, -0.15) is 0 Å². The van der Waals surface area contributed by atoms with Crippen LogP contribution in [0.5, 0.6) is 5.88 Å². The third-order valence-corrected chi connectivity index (χ3v) is 8.04. The average molecular weight is 489 g/mol. The van der Waals surface area contributed by atoms with E-state index in [9.17, 15) is 14.4 Å². The summed E-state index contributed by atoms with van der Waals surface area (Å²) < 4.78 is 5.76. The van der Waals surface area contributed by atoms with Gasteiger partial charge in [-0.3, -0.25) is 24.6 Å². The van der Waals surface area contributed by atoms with Gasteiger partial charge in [0.25, 0.3) is 5.91 Å². The number of fused-ring (bicyclic) bond motifs is 2. The predicted molar refractivity (Wildman–Crippen MR) is 132 cm³/mol. The van der Waals surface area contributed by atoms with Gasteiger partial charge in [0.15, 0.2) is 0 Å². The van der Waals surface area contributed by atoms with E-state index in [4.69, 9.17) is 4.74 Å². The molecule has 1 aromatic heterocycles. The lowest BCUT2D eigenvalue weighted by molar-refractivity contribution is -0.136. The lowest BCUT2D eigenvalue weighted by Crippen LogP contribution is -2.52. The molecular formula is C28H32N4O4. The van der Waals surface area contributed by atoms with Crippen LogP contribution in [0.3, 0.4) is 0 Å². The van der Waals surface area contributed by atoms with Crippen LogP contribution in [-0.2, 0) is 22.7 Å². The quantitative estimate of drug-likeness (QED) is 0.629. The topological polar surface area (TPSA) is 91.8 Å². The van der Waals surface area contributed by atoms with E-state index in [1.54, 1.807) is 4.90 Å². The van der Waals surface area contributed by atoms with Crippen LogP contribution in [0.15, 0.2) is 36.5 Å². The van der Waals surface area contributed by atoms with E-state index in [0.29, 0.717) is 42.3 Å². The molecule has 4 unspecified atom stereocenters. The molecule has 8 heteroatoms. The van der Waals surface area contributed by atoms with Crippen molar-refractivity contribution < 1.29 is 19.1 Å². The highest BCUT2D eigenvalue weighted by Gasteiger charge is 2.50. The van der Waals surface area contributed by atoms with Gasteiger partial charge in [0, 0.05) is 43.4 Å². The van der Waals surface area contributed by atoms with Crippen LogP contribution < -0.4 is 10.1 Å². The first-order valence-corrected chi connectivity index (χ1v) is 13.0. The summed E-state index contributed by atoms with van der Waals surface area (Å²) in [5.74, 6) is 1.08. The first-order valence-electron chi connectivity index (χ1n) is 13.0. The molecule has 3 aliphatic heterocycles. The second kappa shape index (κ2) is 9.00. The number of nitrogens with one attached hydrogen (secondary N) is 1. The SMILES string of the molecule is CC(C)Oc1cc(CN2CCC(c3ccc4c(c3)CN(C3CCC(=O)NC3=O)C4=O)C3CC32)ccn1. The fraction of sp³-hybridized carbons (Fsp3) is 0.500. The van der Waals surface area contributed by atoms with Crippen LogP contribution in [0.1, 0.15) is 72.5 Å². The molecule has 3 fully saturated rings. The standard InChI is InChI=1S/C28H32N4O4/c1-16(2)36-26-11-17(7-9-29-26)14-31-10-8-20(22-13-24(22)31)18-3-4-21-19(12-18)15-32(28(21)35)23-5-6-25(33)30-27(23)34/h3-4,7,9,11-12,16,20,22-24H,5-6,8,10,13-15H2,1-2H3,(H,30,33,34). The number of amides is 3. The summed E-state index contributed by atoms with van der Waals surface area (Å²) in [4.78, 5) is 45.4. The van der Waals surface area contributed by atoms with Crippen molar-refractivity contribution in [3.63, 3.8) is 0 Å². The number of nitrogens with zero attached hydrogens (tertiary/aromatic N) is 3. The molecule has 1 saturated carbocycles. The molecule has 8 nitrogen and oxygen atoms in total. The van der Waals surface area contributed by atoms with E-state index >= 15 is 0 Å². The van der Waals surface area contributed by atoms with Crippen LogP contribution in [0.2, 0.25) is 0 Å². The highest BCUT2D eigenvalue weighted by atomic mass is 16.5. The van der Waals surface area contributed by atoms with Gasteiger partial charge in [-0.1, -0.05) is 12.1 Å². The van der Waals surface area contributed by atoms with Crippen molar-refractivity contribution in [2.75, 3.05) is 6.54 Å². The van der Waals surface area contributed by atoms with E-state index in [1.165, 1.54) is 17.5 Å². The van der Waals surface area contributed by atoms with Gasteiger partial charge in [0.2, 0.25) is 17.7 Å². The number of carbonyl (C=O) groups excluding carboxylic acids is 3. The summed E-state index contributed by atoms with van der Waals surface area (Å²) in [7, 11) is 0. The Morgan fingerprint density at radius 2 is 2.00 bits per heavy atom. The molecule has 1 N–H and O–H groups in total. The van der Waals surface area contributed by atoms with Crippen molar-refractivity contribution >= 4 is 17.7 Å². The van der Waals surface area contributed by atoms with E-state index < -0.39 is 6.04 Å². The lowest BCUT2D eigenvalue weighted by Gasteiger charge is -2.32. The van der Waals surface area contributed by atoms with Gasteiger partial charge in [0.05, 0.1) is 6.10 Å². The minimum absolute atomic E-state index is 0.107. The van der Waals surface area contributed by atoms with E-state index in [-0.39, 0.29) is 30.2 Å². The maximum absolute atomic E-state index is 13.0. The molecule has 1 aliphatic carbocycles. The molecule has 4 atom stereocenters. The third kappa shape index (κ3) is 4.28. The number of carbonyl (C=O) groups is 3. The predicted octanol–water partition coefficient (Wildman–Crippen LogP) is 3.01. The smallest absolute Gasteiger partial charge is 0.255 e. The molecule has 4 heterocycles. The third-order valence-electron chi connectivity index (χ3n) is 8.04. The largest absolute Gasteiger partial charge is 0.475 e. The number of piperidine rings is 2. The fourth-order valence-electron chi connectivity index (χ4n) is 6.26. The Morgan fingerprint density at radius 3 is 2.81 bits per heavy atom. The summed E-state index contributed by atoms with van der Waals surface area (Å²) in [6.07, 6.45) is 4.88. The fourth-order valence-corrected chi connectivity index (χ4v) is 6.26. The minimum atomic E-state index is -0.568. The van der Waals surface area contributed by atoms with Gasteiger partial charge >= 0.3 is 0 Å². The van der Waals surface area contributed by atoms with Crippen molar-refractivity contribution in [3.05, 3.63) is 58.8 Å². The Labute approximate surface area is 211 Å². The maximum Gasteiger partial charge on any atom is 0.255 e. The zero-order valence-corrected chi connectivity index (χ0v) is 20.8. The highest BCUT2D eigenvalue weighted by molar-refractivity contribution is 6.05. The molecule has 188 valence electrons. The number of likely N-dealkylation sites (tertiary alicyclic amines) is 1. The number of hydrogen-bond acceptors (Lipinski definition) is 6. The molecular weight excluding hydrogens is 456 g/mol. The Bertz CT molecular complexity index is 1230. The van der Waals surface area contributed by atoms with E-state index in [1.807, 2.05) is 26.1 Å². The van der Waals surface area contributed by atoms with Gasteiger partial charge < -0.3 is 9.64 Å². The van der Waals surface area contributed by atoms with E-state index in [0.717, 1.165) is 25.1 Å². The number of ether oxygens (including phenoxy) is 1. The zero-order valence-electron chi connectivity index (χ0n) is 20.8. The molecule has 0 bridgehead atoms. The highest BCUT2D eigenvalue weighted by Crippen LogP contribution is 2.52. The molecule has 0 radical (unpaired) electrons. The summed E-state index contributed by atoms with van der Waals surface area (Å²) in [5.41, 5.74) is 4.21. The molecule has 4 aliphatic rings. The average Bonchev–Trinajstić information content (AvgIpc) is 3.58. The first-order chi connectivity index (χ1) is 17.4. The van der Waals surface area contributed by atoms with Gasteiger partial charge in [-0.05, 0) is 80.3 Å². The van der Waals surface area contributed by atoms with Crippen LogP contribution in [0.4, 0.5) is 0 Å². The second-order valence-corrected chi connectivity index (χ2v) is 10.8. The monoisotopic (exact) mass is 488 g/mol. The number of rotatable bonds is 6. The Morgan fingerprint density at radius 1 is 1.14 bits per heavy atom. The molecule has 0 spiro atoms. The van der Waals surface area contributed by atoms with Crippen molar-refractivity contribution in [2.24, 2.45) is 5.92 Å². The van der Waals surface area contributed by atoms with Gasteiger partial charge in [-0.15, -0.1) is 0 Å². The Kier molecular flexibility index (Phi) is 5.79. The molecule has 3 amide bonds. The van der Waals surface area contributed by atoms with Crippen LogP contribution in [-0.4, -0.2) is 57.2 Å². The Balaban J connectivity index is 1.12. The van der Waals surface area contributed by atoms with Crippen molar-refractivity contribution in [3.8, 4) is 5.88 Å². The molecule has 6 rings (SSSR count). The molecule has 2 aromatic rings. The van der Waals surface area contributed by atoms with Crippen LogP contribution in [0.25, 0.3) is 0 Å². The number of aromatic nitrogens is 1. The van der Waals surface area contributed by atoms with Crippen LogP contribution in [0, 0.1) is 5.92 Å². The molecule has 2 saturated heterocycles. The minimum Gasteiger partial charge on any atom is -0.475 e. The summed E-state index contributed by atoms with van der Waals surface area (Å²) >= 11 is 0. The van der Waals surface area contributed by atoms with Gasteiger partial charge in [0.1, 0.15) is 6.04 Å². The summed E-state index contributed by atoms with van der Waals surface area (Å²) in [6, 6.07) is 10.4. The van der Waals surface area contributed by atoms with Crippen molar-refractivity contribution in [1.29, 1.82) is 0 Å². The number of hydrogen-bond donors (Lipinski definition) is 1. The maximum atomic E-state index is 13.0. The lowest BCUT2D eigenvalue weighted by atomic mass is 9.86. The number of pyridine rings is 1. The number of benzene rings is 1. The first kappa shape index (κ1) is 23.2. The van der Waals surface area contributed by atoms with Gasteiger partial charge in [-0.25, -0.2) is 4.98 Å². The molecule has 1 aromatic carbocycles. The van der Waals surface area contributed by atoms with Crippen molar-refractivity contribution in [2.45, 2.75) is 76.7 Å². The zero-order chi connectivity index (χ0) is 25.0. The van der Waals surface area contributed by atoms with E-state index in [2.05, 4.69) is 39.5 Å².